The summed E-state index contributed by atoms with van der Waals surface area (Å²) in [6.07, 6.45) is -22.1. The minimum absolute atomic E-state index is 0.0870. The second kappa shape index (κ2) is 37.3. The van der Waals surface area contributed by atoms with Gasteiger partial charge in [-0.15, -0.1) is 55.7 Å². The molecule has 0 amide bonds. The third-order valence-corrected chi connectivity index (χ3v) is 35.7. The molecule has 135 heavy (non-hydrogen) atoms. The van der Waals surface area contributed by atoms with E-state index in [0.29, 0.717) is 33.4 Å². The van der Waals surface area contributed by atoms with Gasteiger partial charge in [0.05, 0.1) is 61.1 Å². The van der Waals surface area contributed by atoms with Gasteiger partial charge in [-0.3, -0.25) is 61.0 Å². The van der Waals surface area contributed by atoms with Gasteiger partial charge in [0.2, 0.25) is 17.8 Å². The lowest BCUT2D eigenvalue weighted by Crippen LogP contribution is -2.34. The number of anilines is 6. The smallest absolute Gasteiger partial charge is 0.386 e. The molecule has 9 aliphatic heterocycles. The summed E-state index contributed by atoms with van der Waals surface area (Å²) in [7, 11) is 0. The van der Waals surface area contributed by atoms with Crippen molar-refractivity contribution in [2.75, 3.05) is 74.0 Å². The van der Waals surface area contributed by atoms with E-state index < -0.39 is 239 Å². The van der Waals surface area contributed by atoms with E-state index in [1.165, 1.54) is 46.2 Å². The number of thioether (sulfide) groups is 3. The van der Waals surface area contributed by atoms with Crippen molar-refractivity contribution in [2.24, 2.45) is 0 Å². The predicted molar refractivity (Wildman–Crippen MR) is 486 cm³/mol. The van der Waals surface area contributed by atoms with Crippen molar-refractivity contribution in [3.63, 3.8) is 0 Å². The summed E-state index contributed by atoms with van der Waals surface area (Å²) in [6, 6.07) is 7.92. The van der Waals surface area contributed by atoms with E-state index >= 15 is 26.3 Å². The molecule has 0 aromatic carbocycles. The Morgan fingerprint density at radius 2 is 0.689 bits per heavy atom. The maximum atomic E-state index is 16.1. The number of aromatic amines is 3. The number of H-pyrrole nitrogens is 3. The molecule has 21 heterocycles. The van der Waals surface area contributed by atoms with Crippen molar-refractivity contribution < 1.29 is 124 Å². The van der Waals surface area contributed by atoms with E-state index in [9.17, 15) is 43.4 Å². The first-order valence-electron chi connectivity index (χ1n) is 38.9. The zero-order chi connectivity index (χ0) is 95.5. The average Bonchev–Trinajstić information content (AvgIpc) is 1.63. The molecule has 53 nitrogen and oxygen atoms in total. The van der Waals surface area contributed by atoms with Crippen molar-refractivity contribution in [1.82, 2.24) is 114 Å². The van der Waals surface area contributed by atoms with Gasteiger partial charge in [-0.25, -0.2) is 59.9 Å². The highest BCUT2D eigenvalue weighted by atomic mass is 32.7. The van der Waals surface area contributed by atoms with Gasteiger partial charge < -0.3 is 105 Å². The second-order valence-electron chi connectivity index (χ2n) is 30.4. The number of hydrogen-bond acceptors (Lipinski definition) is 47. The molecule has 9 fully saturated rings. The molecule has 12 aromatic heterocycles. The molecule has 9 saturated heterocycles. The van der Waals surface area contributed by atoms with Crippen LogP contribution in [-0.4, -0.2) is 286 Å². The molecule has 74 heteroatoms. The zero-order valence-corrected chi connectivity index (χ0v) is 79.7. The molecule has 0 saturated carbocycles. The number of rotatable bonds is 6. The van der Waals surface area contributed by atoms with Crippen molar-refractivity contribution >= 4 is 249 Å². The van der Waals surface area contributed by atoms with Crippen LogP contribution in [-0.2, 0) is 132 Å². The number of nitrogen functional groups attached to an aromatic ring is 6. The molecule has 9 aliphatic rings. The first kappa shape index (κ1) is 97.1. The van der Waals surface area contributed by atoms with E-state index in [1.807, 2.05) is 0 Å². The number of fused-ring (bicyclic) bond motifs is 15. The van der Waals surface area contributed by atoms with Gasteiger partial charge >= 0.3 is 40.4 Å². The molecule has 30 atom stereocenters. The largest absolute Gasteiger partial charge is 0.398 e. The zero-order valence-electron chi connectivity index (χ0n) is 66.9. The van der Waals surface area contributed by atoms with Crippen LogP contribution in [0.2, 0.25) is 0 Å². The number of nitrogens with zero attached hydrogens (tertiary/aromatic N) is 20. The van der Waals surface area contributed by atoms with Gasteiger partial charge in [0.1, 0.15) is 101 Å². The highest BCUT2D eigenvalue weighted by Crippen LogP contribution is 2.64. The molecular weight excluding hydrogens is 2110 g/mol. The van der Waals surface area contributed by atoms with Gasteiger partial charge in [-0.1, -0.05) is 33.1 Å². The minimum atomic E-state index is -4.38. The van der Waals surface area contributed by atoms with E-state index in [1.54, 1.807) is 24.3 Å². The van der Waals surface area contributed by atoms with Crippen LogP contribution in [0.5, 0.6) is 0 Å². The maximum Gasteiger partial charge on any atom is 0.386 e. The Morgan fingerprint density at radius 1 is 0.385 bits per heavy atom. The van der Waals surface area contributed by atoms with Gasteiger partial charge in [0.25, 0.3) is 16.7 Å². The summed E-state index contributed by atoms with van der Waals surface area (Å²) in [5, 5.41) is 25.3. The average molecular weight is 2180 g/mol. The van der Waals surface area contributed by atoms with Crippen LogP contribution in [0.4, 0.5) is 61.2 Å². The summed E-state index contributed by atoms with van der Waals surface area (Å²) < 4.78 is 201. The first-order valence-corrected chi connectivity index (χ1v) is 57.3. The fraction of sp³-hybridized carbons (Fsp3) is 0.492. The van der Waals surface area contributed by atoms with E-state index in [2.05, 4.69) is 98.4 Å². The summed E-state index contributed by atoms with van der Waals surface area (Å²) in [5.41, 5.74) is 34.1. The number of pyridine rings is 3. The van der Waals surface area contributed by atoms with Gasteiger partial charge in [0, 0.05) is 53.1 Å². The Bertz CT molecular complexity index is 6510. The van der Waals surface area contributed by atoms with Crippen molar-refractivity contribution in [3.8, 4) is 0 Å². The normalized spacial score (nSPS) is 37.7. The lowest BCUT2D eigenvalue weighted by Gasteiger charge is -2.27. The molecule has 0 aliphatic carbocycles. The Hall–Kier alpha value is -6.77. The fourth-order valence-electron chi connectivity index (χ4n) is 15.7. The number of halogens is 6. The maximum absolute atomic E-state index is 16.1. The third kappa shape index (κ3) is 19.1. The van der Waals surface area contributed by atoms with Crippen LogP contribution in [0.1, 0.15) is 34.8 Å². The van der Waals surface area contributed by atoms with Gasteiger partial charge in [0.15, 0.2) is 81.9 Å². The van der Waals surface area contributed by atoms with Crippen LogP contribution in [0.3, 0.4) is 0 Å². The molecular formula is C61H67F6N29O24P6S9. The number of nitrogens with two attached hydrogens (primary N) is 6. The standard InChI is InChI=1S/2C21H23F2N9O8P2S3.C19H21F2N11O8P2S3/c2*22-11-10-6-37-42(35,44)39-14-9(38-19(12(14)23)31-4-2-7-8(24)1-3-26-16(7)31)5-36-41(34,43)40-15(11)20(45-10)32-17-13(29-30-32)18(33)28-21(25)27-17;20-8-7-4-37-42(35,44)39-12-6(38-17(9(12)21)31-14-10(27-29-31)5(22)1-2-24-14)3-36-41(34,43)40-13(8)18(45-7)32-15-11(28-30-32)16(33)26-19(23)25-15/h2*1-4,9-12,14-15,19-20H,5-6H2,(H2,24,26)(H,34,43)(H,35,44)(H3,25,27,28,33);1-2,6-9,12-13,17-18H,3-4H2,(H2,22,24)(H,34,43)(H,35,44)(H3,23,25,26,33)/t2*9-,10-,11-,12+,14-,15-,19-,20-,41?,42?;6-,7-,8-,9+,12-,13-,17-,18-,41?,42?/m111/s1. The van der Waals surface area contributed by atoms with E-state index in [0.717, 1.165) is 54.0 Å². The van der Waals surface area contributed by atoms with E-state index in [-0.39, 0.29) is 68.2 Å². The number of alkyl halides is 6. The van der Waals surface area contributed by atoms with Gasteiger partial charge in [-0.2, -0.15) is 19.6 Å². The van der Waals surface area contributed by atoms with Gasteiger partial charge in [-0.05, 0) is 89.4 Å². The predicted octanol–water partition coefficient (Wildman–Crippen LogP) is 3.11. The van der Waals surface area contributed by atoms with Crippen LogP contribution in [0.15, 0.2) is 75.7 Å². The summed E-state index contributed by atoms with van der Waals surface area (Å²) in [5.74, 6) is -0.744. The lowest BCUT2D eigenvalue weighted by atomic mass is 10.1. The first-order chi connectivity index (χ1) is 63.9. The van der Waals surface area contributed by atoms with E-state index in [4.69, 9.17) is 162 Å². The molecule has 6 unspecified atom stereocenters. The van der Waals surface area contributed by atoms with Crippen molar-refractivity contribution in [1.29, 1.82) is 0 Å². The van der Waals surface area contributed by atoms with Crippen molar-refractivity contribution in [2.45, 2.75) is 143 Å². The molecule has 12 aromatic rings. The minimum Gasteiger partial charge on any atom is -0.398 e. The number of nitrogens with one attached hydrogen (secondary N) is 3. The number of aromatic nitrogens is 23. The van der Waals surface area contributed by atoms with Crippen molar-refractivity contribution in [3.05, 3.63) is 92.4 Å². The number of ether oxygens (including phenoxy) is 3. The lowest BCUT2D eigenvalue weighted by molar-refractivity contribution is -0.0494. The van der Waals surface area contributed by atoms with Crippen LogP contribution in [0, 0.1) is 0 Å². The number of thiol groups is 1. The Labute approximate surface area is 790 Å². The van der Waals surface area contributed by atoms with Crippen LogP contribution in [0.25, 0.3) is 66.7 Å². The summed E-state index contributed by atoms with van der Waals surface area (Å²) in [6.45, 7) is -29.3. The van der Waals surface area contributed by atoms with Crippen LogP contribution >= 0.6 is 87.9 Å². The molecule has 726 valence electrons. The SMILES string of the molecule is Nc1nc2c(nnn2[C@@H]2S[C@@H]3COP(=O)(S)O[C@H]4[C@H](F)[C@H](n5ccc6c(N)ccnc65)O[C@@H]4COP(O)(=S)O[C@@H]2[C@@H]3F)c(=O)[nH]1.Nc1nc2c(nnn2[C@@H]2S[C@@H]3COP(O)(=S)O[C@H]4[C@H](F)[C@H](n5ccc6c(N)ccnc65)O[C@@H]4COP(O)(=S)O[C@@H]2[C@@H]3F)c(=O)[nH]1.Nc1nc2c(nnn2[C@@H]2S[C@@H]3COP(O)(=S)O[C@H]4[C@H](F)[C@H](n5nnc6c(N)ccnc65)O[C@@H]4COP(O)(=S)O[C@@H]2[C@@H]3F)c(=O)[nH]1. The monoisotopic (exact) mass is 2180 g/mol. The van der Waals surface area contributed by atoms with Crippen LogP contribution < -0.4 is 51.1 Å². The quantitative estimate of drug-likeness (QED) is 0.0646. The molecule has 20 N–H and O–H groups in total. The summed E-state index contributed by atoms with van der Waals surface area (Å²) in [4.78, 5) is 124. The second-order valence-corrected chi connectivity index (χ2v) is 51.3. The molecule has 21 rings (SSSR count). The third-order valence-electron chi connectivity index (χ3n) is 21.8. The fourth-order valence-corrected chi connectivity index (χ4v) is 29.2. The Balaban J connectivity index is 0.000000130. The Kier molecular flexibility index (Phi) is 26.8. The highest BCUT2D eigenvalue weighted by molar-refractivity contribution is 8.44. The molecule has 0 spiro atoms. The molecule has 6 bridgehead atoms. The topological polar surface area (TPSA) is 721 Å². The highest BCUT2D eigenvalue weighted by Gasteiger charge is 2.59. The Morgan fingerprint density at radius 3 is 1.07 bits per heavy atom. The molecule has 0 radical (unpaired) electrons. The number of hydrogen-bond donors (Lipinski definition) is 15. The summed E-state index contributed by atoms with van der Waals surface area (Å²) >= 11 is 32.6.